The summed E-state index contributed by atoms with van der Waals surface area (Å²) in [6, 6.07) is 16.1. The van der Waals surface area contributed by atoms with E-state index in [-0.39, 0.29) is 5.92 Å². The average Bonchev–Trinajstić information content (AvgIpc) is 3.48. The monoisotopic (exact) mass is 436 g/mol. The summed E-state index contributed by atoms with van der Waals surface area (Å²) < 4.78 is 9.54. The number of aromatic nitrogens is 5. The van der Waals surface area contributed by atoms with Gasteiger partial charge < -0.3 is 9.30 Å². The van der Waals surface area contributed by atoms with Crippen molar-refractivity contribution >= 4 is 12.2 Å². The number of ether oxygens (including phenoxy) is 1. The Kier molecular flexibility index (Phi) is 5.49. The third kappa shape index (κ3) is 4.03. The van der Waals surface area contributed by atoms with Gasteiger partial charge in [-0.15, -0.1) is 0 Å². The largest absolute Gasteiger partial charge is 0.495 e. The molecule has 164 valence electrons. The molecule has 1 aliphatic heterocycles. The summed E-state index contributed by atoms with van der Waals surface area (Å²) in [5.41, 5.74) is 4.61. The summed E-state index contributed by atoms with van der Waals surface area (Å²) in [6.07, 6.45) is 9.64. The Labute approximate surface area is 192 Å². The lowest BCUT2D eigenvalue weighted by atomic mass is 9.88. The van der Waals surface area contributed by atoms with Gasteiger partial charge in [-0.1, -0.05) is 30.3 Å². The maximum absolute atomic E-state index is 9.53. The number of fused-ring (bicyclic) bond motifs is 1. The number of hydrogen-bond acceptors (Lipinski definition) is 5. The molecule has 4 aromatic rings. The second-order valence-corrected chi connectivity index (χ2v) is 8.13. The first-order valence-corrected chi connectivity index (χ1v) is 11.0. The first kappa shape index (κ1) is 20.7. The van der Waals surface area contributed by atoms with Crippen LogP contribution >= 0.6 is 0 Å². The molecule has 0 saturated carbocycles. The summed E-state index contributed by atoms with van der Waals surface area (Å²) in [5.74, 6) is 2.44. The Morgan fingerprint density at radius 1 is 1.18 bits per heavy atom. The number of rotatable bonds is 5. The molecule has 2 aromatic heterocycles. The SMILES string of the molecule is COc1cc(C=Cc2nc3n(n2)CCCC3c2ccccc2C#N)ccc1-n1cnc(C)c1. The van der Waals surface area contributed by atoms with Crippen LogP contribution in [-0.2, 0) is 6.54 Å². The lowest BCUT2D eigenvalue weighted by molar-refractivity contribution is 0.413. The molecule has 1 aliphatic rings. The van der Waals surface area contributed by atoms with Crippen LogP contribution in [0.5, 0.6) is 5.75 Å². The molecule has 0 amide bonds. The number of imidazole rings is 1. The van der Waals surface area contributed by atoms with Gasteiger partial charge in [-0.05, 0) is 55.2 Å². The predicted molar refractivity (Wildman–Crippen MR) is 126 cm³/mol. The fourth-order valence-electron chi connectivity index (χ4n) is 4.37. The molecule has 0 aliphatic carbocycles. The van der Waals surface area contributed by atoms with E-state index in [0.717, 1.165) is 53.5 Å². The van der Waals surface area contributed by atoms with Crippen LogP contribution in [0.25, 0.3) is 17.8 Å². The van der Waals surface area contributed by atoms with Crippen molar-refractivity contribution in [1.82, 2.24) is 24.3 Å². The van der Waals surface area contributed by atoms with Crippen LogP contribution in [0.3, 0.4) is 0 Å². The van der Waals surface area contributed by atoms with E-state index in [2.05, 4.69) is 11.1 Å². The van der Waals surface area contributed by atoms with Gasteiger partial charge in [-0.3, -0.25) is 0 Å². The topological polar surface area (TPSA) is 81.5 Å². The molecule has 0 radical (unpaired) electrons. The molecule has 2 aromatic carbocycles. The third-order valence-electron chi connectivity index (χ3n) is 5.97. The molecule has 5 rings (SSSR count). The molecule has 33 heavy (non-hydrogen) atoms. The molecule has 0 saturated heterocycles. The van der Waals surface area contributed by atoms with Gasteiger partial charge in [0.25, 0.3) is 0 Å². The minimum Gasteiger partial charge on any atom is -0.495 e. The van der Waals surface area contributed by atoms with Crippen LogP contribution in [-0.4, -0.2) is 31.4 Å². The van der Waals surface area contributed by atoms with Crippen LogP contribution < -0.4 is 4.74 Å². The number of methoxy groups -OCH3 is 1. The van der Waals surface area contributed by atoms with Crippen molar-refractivity contribution in [2.24, 2.45) is 0 Å². The first-order chi connectivity index (χ1) is 16.2. The maximum Gasteiger partial charge on any atom is 0.174 e. The average molecular weight is 437 g/mol. The molecule has 0 fully saturated rings. The predicted octanol–water partition coefficient (Wildman–Crippen LogP) is 4.75. The van der Waals surface area contributed by atoms with E-state index in [1.165, 1.54) is 0 Å². The highest BCUT2D eigenvalue weighted by atomic mass is 16.5. The van der Waals surface area contributed by atoms with Crippen molar-refractivity contribution in [3.05, 3.63) is 89.0 Å². The molecule has 7 nitrogen and oxygen atoms in total. The van der Waals surface area contributed by atoms with Crippen molar-refractivity contribution in [2.45, 2.75) is 32.2 Å². The van der Waals surface area contributed by atoms with Crippen molar-refractivity contribution in [1.29, 1.82) is 5.26 Å². The summed E-state index contributed by atoms with van der Waals surface area (Å²) in [5, 5.41) is 14.2. The molecule has 1 atom stereocenters. The fourth-order valence-corrected chi connectivity index (χ4v) is 4.37. The molecular formula is C26H24N6O. The van der Waals surface area contributed by atoms with Crippen LogP contribution in [0, 0.1) is 18.3 Å². The fraction of sp³-hybridized carbons (Fsp3) is 0.231. The van der Waals surface area contributed by atoms with Gasteiger partial charge in [0, 0.05) is 18.7 Å². The highest BCUT2D eigenvalue weighted by Gasteiger charge is 2.27. The zero-order valence-electron chi connectivity index (χ0n) is 18.6. The van der Waals surface area contributed by atoms with Crippen LogP contribution in [0.15, 0.2) is 55.0 Å². The van der Waals surface area contributed by atoms with E-state index in [4.69, 9.17) is 14.8 Å². The van der Waals surface area contributed by atoms with Gasteiger partial charge in [-0.2, -0.15) is 10.4 Å². The number of benzene rings is 2. The van der Waals surface area contributed by atoms with Crippen molar-refractivity contribution in [3.63, 3.8) is 0 Å². The Morgan fingerprint density at radius 2 is 2.06 bits per heavy atom. The Bertz CT molecular complexity index is 1370. The van der Waals surface area contributed by atoms with Gasteiger partial charge in [0.1, 0.15) is 11.6 Å². The lowest BCUT2D eigenvalue weighted by Gasteiger charge is -2.23. The zero-order chi connectivity index (χ0) is 22.8. The summed E-state index contributed by atoms with van der Waals surface area (Å²) >= 11 is 0. The smallest absolute Gasteiger partial charge is 0.174 e. The minimum absolute atomic E-state index is 0.0854. The van der Waals surface area contributed by atoms with E-state index < -0.39 is 0 Å². The van der Waals surface area contributed by atoms with E-state index in [9.17, 15) is 5.26 Å². The zero-order valence-corrected chi connectivity index (χ0v) is 18.6. The number of hydrogen-bond donors (Lipinski definition) is 0. The molecule has 0 spiro atoms. The standard InChI is InChI=1S/C26H24N6O/c1-18-16-31(17-28-18)23-11-9-19(14-24(23)33-2)10-12-25-29-26-22(8-5-13-32(26)30-25)21-7-4-3-6-20(21)15-27/h3-4,6-7,9-12,14,16-17,22H,5,8,13H2,1-2H3. The van der Waals surface area contributed by atoms with Gasteiger partial charge in [0.05, 0.1) is 36.5 Å². The first-order valence-electron chi connectivity index (χ1n) is 11.0. The molecule has 1 unspecified atom stereocenters. The van der Waals surface area contributed by atoms with E-state index in [1.54, 1.807) is 13.4 Å². The summed E-state index contributed by atoms with van der Waals surface area (Å²) in [7, 11) is 1.67. The number of nitriles is 1. The summed E-state index contributed by atoms with van der Waals surface area (Å²) in [6.45, 7) is 2.80. The molecule has 7 heteroatoms. The van der Waals surface area contributed by atoms with Crippen LogP contribution in [0.4, 0.5) is 0 Å². The van der Waals surface area contributed by atoms with Crippen molar-refractivity contribution < 1.29 is 4.74 Å². The second kappa shape index (κ2) is 8.75. The lowest BCUT2D eigenvalue weighted by Crippen LogP contribution is -2.18. The normalized spacial score (nSPS) is 15.4. The van der Waals surface area contributed by atoms with Crippen LogP contribution in [0.1, 0.15) is 52.8 Å². The van der Waals surface area contributed by atoms with Gasteiger partial charge in [0.15, 0.2) is 5.82 Å². The Hall–Kier alpha value is -4.18. The quantitative estimate of drug-likeness (QED) is 0.451. The van der Waals surface area contributed by atoms with E-state index >= 15 is 0 Å². The Balaban J connectivity index is 1.42. The molecular weight excluding hydrogens is 412 g/mol. The van der Waals surface area contributed by atoms with Gasteiger partial charge >= 0.3 is 0 Å². The van der Waals surface area contributed by atoms with Gasteiger partial charge in [-0.25, -0.2) is 14.6 Å². The molecule has 3 heterocycles. The minimum atomic E-state index is 0.0854. The van der Waals surface area contributed by atoms with Crippen molar-refractivity contribution in [3.8, 4) is 17.5 Å². The van der Waals surface area contributed by atoms with E-state index in [0.29, 0.717) is 11.4 Å². The number of nitrogens with zero attached hydrogens (tertiary/aromatic N) is 6. The number of aryl methyl sites for hydroxylation is 2. The highest BCUT2D eigenvalue weighted by Crippen LogP contribution is 2.34. The molecule has 0 bridgehead atoms. The van der Waals surface area contributed by atoms with E-state index in [1.807, 2.05) is 77.0 Å². The Morgan fingerprint density at radius 3 is 2.85 bits per heavy atom. The second-order valence-electron chi connectivity index (χ2n) is 8.13. The van der Waals surface area contributed by atoms with Gasteiger partial charge in [0.2, 0.25) is 0 Å². The van der Waals surface area contributed by atoms with Crippen LogP contribution in [0.2, 0.25) is 0 Å². The van der Waals surface area contributed by atoms with Crippen molar-refractivity contribution in [2.75, 3.05) is 7.11 Å². The summed E-state index contributed by atoms with van der Waals surface area (Å²) in [4.78, 5) is 9.12. The third-order valence-corrected chi connectivity index (χ3v) is 5.97. The molecule has 0 N–H and O–H groups in total. The maximum atomic E-state index is 9.53. The highest BCUT2D eigenvalue weighted by molar-refractivity contribution is 5.69.